The number of hydrogen-bond acceptors (Lipinski definition) is 9. The molecule has 0 aliphatic heterocycles. The highest BCUT2D eigenvalue weighted by Gasteiger charge is 2.29. The van der Waals surface area contributed by atoms with E-state index in [1.165, 1.54) is 12.1 Å². The fourth-order valence-corrected chi connectivity index (χ4v) is 6.53. The fourth-order valence-electron chi connectivity index (χ4n) is 6.53. The van der Waals surface area contributed by atoms with E-state index in [2.05, 4.69) is 29.8 Å². The first-order valence-corrected chi connectivity index (χ1v) is 22.2. The standard InChI is InChI=1S/C50H70FN5O9/c1-12-63-46(61)39-31-35(15-22-40(39)51)33-52-44(59)36-16-20-38(21-17-36)64-30-29-56(11)43(58)24-27-50(8,9)26-23-42(57)55(10)28-25-34-13-18-37(19-14-34)53-45(60)41(32-48(2,3)4)54-47(62)65-49(5,6)7/h13-22,31,41H,12,23-30,32-33H2,1-11H3,(H,52,59)(H,53,60)(H,54,62)/t41-/m0/s1. The van der Waals surface area contributed by atoms with Gasteiger partial charge in [-0.25, -0.2) is 14.0 Å². The lowest BCUT2D eigenvalue weighted by Crippen LogP contribution is -2.47. The van der Waals surface area contributed by atoms with Crippen molar-refractivity contribution >= 4 is 41.4 Å². The molecule has 5 amide bonds. The van der Waals surface area contributed by atoms with Crippen LogP contribution in [-0.4, -0.2) is 97.5 Å². The number of benzene rings is 3. The molecule has 0 radical (unpaired) electrons. The van der Waals surface area contributed by atoms with E-state index in [1.54, 1.807) is 75.9 Å². The molecule has 0 bridgehead atoms. The lowest BCUT2D eigenvalue weighted by atomic mass is 9.83. The normalized spacial score (nSPS) is 12.1. The van der Waals surface area contributed by atoms with Gasteiger partial charge in [0, 0.05) is 51.3 Å². The number of nitrogens with one attached hydrogen (secondary N) is 3. The maximum absolute atomic E-state index is 14.1. The molecule has 3 aromatic rings. The average Bonchev–Trinajstić information content (AvgIpc) is 3.22. The van der Waals surface area contributed by atoms with Crippen LogP contribution in [0.15, 0.2) is 66.7 Å². The molecule has 0 spiro atoms. The monoisotopic (exact) mass is 904 g/mol. The SMILES string of the molecule is CCOC(=O)c1cc(CNC(=O)c2ccc(OCCN(C)C(=O)CCC(C)(C)CCC(=O)N(C)CCc3ccc(NC(=O)[C@H](CC(C)(C)C)NC(=O)OC(C)(C)C)cc3)cc2)ccc1F. The number of carbonyl (C=O) groups is 6. The molecule has 0 unspecified atom stereocenters. The lowest BCUT2D eigenvalue weighted by Gasteiger charge is -2.27. The summed E-state index contributed by atoms with van der Waals surface area (Å²) in [5, 5.41) is 8.37. The van der Waals surface area contributed by atoms with Crippen molar-refractivity contribution in [3.63, 3.8) is 0 Å². The van der Waals surface area contributed by atoms with Crippen molar-refractivity contribution in [3.05, 3.63) is 94.8 Å². The van der Waals surface area contributed by atoms with Gasteiger partial charge in [0.2, 0.25) is 17.7 Å². The Balaban J connectivity index is 1.36. The molecule has 0 saturated carbocycles. The van der Waals surface area contributed by atoms with Gasteiger partial charge in [0.15, 0.2) is 0 Å². The summed E-state index contributed by atoms with van der Waals surface area (Å²) in [6.45, 7) is 18.4. The molecule has 0 aromatic heterocycles. The number of halogens is 1. The number of rotatable bonds is 22. The molecule has 14 nitrogen and oxygen atoms in total. The van der Waals surface area contributed by atoms with E-state index in [-0.39, 0.29) is 59.8 Å². The zero-order valence-electron chi connectivity index (χ0n) is 40.2. The number of likely N-dealkylation sites (N-methyl/N-ethyl adjacent to an activating group) is 2. The highest BCUT2D eigenvalue weighted by atomic mass is 19.1. The third-order valence-electron chi connectivity index (χ3n) is 10.5. The van der Waals surface area contributed by atoms with Gasteiger partial charge in [0.1, 0.15) is 29.8 Å². The van der Waals surface area contributed by atoms with Crippen molar-refractivity contribution in [1.82, 2.24) is 20.4 Å². The zero-order valence-corrected chi connectivity index (χ0v) is 40.2. The highest BCUT2D eigenvalue weighted by Crippen LogP contribution is 2.29. The quantitative estimate of drug-likeness (QED) is 0.0839. The van der Waals surface area contributed by atoms with Gasteiger partial charge >= 0.3 is 12.1 Å². The van der Waals surface area contributed by atoms with Crippen LogP contribution < -0.4 is 20.7 Å². The molecule has 1 atom stereocenters. The van der Waals surface area contributed by atoms with Crippen molar-refractivity contribution in [2.45, 2.75) is 119 Å². The molecule has 3 aromatic carbocycles. The van der Waals surface area contributed by atoms with Gasteiger partial charge in [-0.1, -0.05) is 52.8 Å². The van der Waals surface area contributed by atoms with Crippen LogP contribution >= 0.6 is 0 Å². The molecule has 0 aliphatic rings. The number of esters is 1. The van der Waals surface area contributed by atoms with E-state index in [1.807, 2.05) is 45.0 Å². The van der Waals surface area contributed by atoms with Gasteiger partial charge in [-0.3, -0.25) is 19.2 Å². The van der Waals surface area contributed by atoms with E-state index in [0.29, 0.717) is 74.2 Å². The smallest absolute Gasteiger partial charge is 0.408 e. The number of hydrogen-bond donors (Lipinski definition) is 3. The summed E-state index contributed by atoms with van der Waals surface area (Å²) in [6.07, 6.45) is 2.31. The number of ether oxygens (including phenoxy) is 3. The number of nitrogens with zero attached hydrogens (tertiary/aromatic N) is 2. The Morgan fingerprint density at radius 3 is 1.91 bits per heavy atom. The Labute approximate surface area is 384 Å². The Kier molecular flexibility index (Phi) is 20.0. The Morgan fingerprint density at radius 2 is 1.34 bits per heavy atom. The highest BCUT2D eigenvalue weighted by molar-refractivity contribution is 5.97. The van der Waals surface area contributed by atoms with E-state index < -0.39 is 29.5 Å². The van der Waals surface area contributed by atoms with E-state index in [0.717, 1.165) is 11.6 Å². The van der Waals surface area contributed by atoms with Crippen LogP contribution in [-0.2, 0) is 36.8 Å². The Morgan fingerprint density at radius 1 is 0.754 bits per heavy atom. The predicted molar refractivity (Wildman–Crippen MR) is 249 cm³/mol. The van der Waals surface area contributed by atoms with Crippen molar-refractivity contribution in [2.24, 2.45) is 10.8 Å². The number of carbonyl (C=O) groups excluding carboxylic acids is 6. The van der Waals surface area contributed by atoms with E-state index in [4.69, 9.17) is 14.2 Å². The molecule has 0 saturated heterocycles. The minimum Gasteiger partial charge on any atom is -0.492 e. The molecule has 3 N–H and O–H groups in total. The minimum atomic E-state index is -0.785. The van der Waals surface area contributed by atoms with Gasteiger partial charge in [0.25, 0.3) is 5.91 Å². The van der Waals surface area contributed by atoms with Crippen LogP contribution in [0.2, 0.25) is 0 Å². The molecule has 0 aliphatic carbocycles. The molecule has 65 heavy (non-hydrogen) atoms. The first-order valence-electron chi connectivity index (χ1n) is 22.2. The maximum atomic E-state index is 14.1. The maximum Gasteiger partial charge on any atom is 0.408 e. The number of anilines is 1. The summed E-state index contributed by atoms with van der Waals surface area (Å²) in [5.74, 6) is -1.62. The van der Waals surface area contributed by atoms with Crippen LogP contribution in [0.5, 0.6) is 5.75 Å². The largest absolute Gasteiger partial charge is 0.492 e. The summed E-state index contributed by atoms with van der Waals surface area (Å²) in [5.41, 5.74) is 1.18. The number of amides is 5. The average molecular weight is 904 g/mol. The molecule has 0 heterocycles. The third kappa shape index (κ3) is 19.7. The van der Waals surface area contributed by atoms with Crippen LogP contribution in [0.25, 0.3) is 0 Å². The van der Waals surface area contributed by atoms with Gasteiger partial charge in [-0.15, -0.1) is 0 Å². The molecular formula is C50H70FN5O9. The van der Waals surface area contributed by atoms with E-state index >= 15 is 0 Å². The summed E-state index contributed by atoms with van der Waals surface area (Å²) in [7, 11) is 3.51. The molecule has 15 heteroatoms. The van der Waals surface area contributed by atoms with Crippen molar-refractivity contribution < 1.29 is 47.4 Å². The zero-order chi connectivity index (χ0) is 48.5. The first-order chi connectivity index (χ1) is 30.3. The van der Waals surface area contributed by atoms with Crippen molar-refractivity contribution in [2.75, 3.05) is 45.7 Å². The Bertz CT molecular complexity index is 2080. The predicted octanol–water partition coefficient (Wildman–Crippen LogP) is 8.33. The van der Waals surface area contributed by atoms with Gasteiger partial charge in [-0.05, 0) is 124 Å². The van der Waals surface area contributed by atoms with E-state index in [9.17, 15) is 33.2 Å². The summed E-state index contributed by atoms with van der Waals surface area (Å²) in [4.78, 5) is 79.8. The Hall–Kier alpha value is -5.99. The van der Waals surface area contributed by atoms with Gasteiger partial charge < -0.3 is 40.0 Å². The summed E-state index contributed by atoms with van der Waals surface area (Å²) < 4.78 is 30.1. The molecule has 3 rings (SSSR count). The second-order valence-electron chi connectivity index (χ2n) is 19.3. The summed E-state index contributed by atoms with van der Waals surface area (Å²) >= 11 is 0. The third-order valence-corrected chi connectivity index (χ3v) is 10.5. The van der Waals surface area contributed by atoms with Crippen molar-refractivity contribution in [1.29, 1.82) is 0 Å². The van der Waals surface area contributed by atoms with Crippen LogP contribution in [0.1, 0.15) is 126 Å². The second kappa shape index (κ2) is 24.3. The minimum absolute atomic E-state index is 0.0227. The van der Waals surface area contributed by atoms with Crippen LogP contribution in [0, 0.1) is 16.6 Å². The second-order valence-corrected chi connectivity index (χ2v) is 19.3. The molecule has 356 valence electrons. The summed E-state index contributed by atoms with van der Waals surface area (Å²) in [6, 6.07) is 17.2. The van der Waals surface area contributed by atoms with Crippen LogP contribution in [0.4, 0.5) is 14.9 Å². The van der Waals surface area contributed by atoms with Gasteiger partial charge in [0.05, 0.1) is 18.7 Å². The molecular weight excluding hydrogens is 834 g/mol. The molecule has 0 fully saturated rings. The first kappa shape index (κ1) is 53.3. The topological polar surface area (TPSA) is 173 Å². The van der Waals surface area contributed by atoms with Crippen LogP contribution in [0.3, 0.4) is 0 Å². The van der Waals surface area contributed by atoms with Crippen molar-refractivity contribution in [3.8, 4) is 5.75 Å². The fraction of sp³-hybridized carbons (Fsp3) is 0.520. The lowest BCUT2D eigenvalue weighted by molar-refractivity contribution is -0.131. The number of alkyl carbamates (subject to hydrolysis) is 1. The van der Waals surface area contributed by atoms with Gasteiger partial charge in [-0.2, -0.15) is 0 Å².